The Hall–Kier alpha value is -3.92. The molecule has 0 heterocycles. The van der Waals surface area contributed by atoms with Crippen molar-refractivity contribution >= 4 is 29.5 Å². The summed E-state index contributed by atoms with van der Waals surface area (Å²) in [5.41, 5.74) is 3.26. The van der Waals surface area contributed by atoms with E-state index in [1.807, 2.05) is 72.8 Å². The van der Waals surface area contributed by atoms with Gasteiger partial charge in [-0.05, 0) is 35.4 Å². The first kappa shape index (κ1) is 19.8. The van der Waals surface area contributed by atoms with E-state index < -0.39 is 5.97 Å². The SMILES string of the molecule is COC(=O)c1ccc([N+]([O-])=C(/C=C/c2ccccc2)/C=C/c2ccccc2)cc1. The molecule has 0 unspecified atom stereocenters. The van der Waals surface area contributed by atoms with Gasteiger partial charge in [-0.25, -0.2) is 4.79 Å². The first-order chi connectivity index (χ1) is 14.2. The summed E-state index contributed by atoms with van der Waals surface area (Å²) >= 11 is 0. The number of carbonyl (C=O) groups excluding carboxylic acids is 1. The molecule has 144 valence electrons. The maximum Gasteiger partial charge on any atom is 0.337 e. The van der Waals surface area contributed by atoms with Crippen LogP contribution < -0.4 is 0 Å². The van der Waals surface area contributed by atoms with Gasteiger partial charge in [0, 0.05) is 24.3 Å². The van der Waals surface area contributed by atoms with Gasteiger partial charge in [-0.1, -0.05) is 60.7 Å². The molecule has 4 nitrogen and oxygen atoms in total. The van der Waals surface area contributed by atoms with E-state index in [0.717, 1.165) is 15.9 Å². The van der Waals surface area contributed by atoms with Crippen LogP contribution in [-0.4, -0.2) is 23.5 Å². The number of methoxy groups -OCH3 is 1. The Morgan fingerprint density at radius 3 is 1.72 bits per heavy atom. The van der Waals surface area contributed by atoms with Gasteiger partial charge >= 0.3 is 5.97 Å². The number of esters is 1. The predicted octanol–water partition coefficient (Wildman–Crippen LogP) is 5.48. The first-order valence-corrected chi connectivity index (χ1v) is 9.16. The van der Waals surface area contributed by atoms with E-state index in [2.05, 4.69) is 0 Å². The Bertz CT molecular complexity index is 983. The highest BCUT2D eigenvalue weighted by Gasteiger charge is 2.10. The summed E-state index contributed by atoms with van der Waals surface area (Å²) in [6.45, 7) is 0. The molecule has 0 bridgehead atoms. The van der Waals surface area contributed by atoms with Crippen LogP contribution in [0, 0.1) is 5.21 Å². The molecule has 0 fully saturated rings. The number of ether oxygens (including phenoxy) is 1. The number of allylic oxidation sites excluding steroid dienone is 2. The Labute approximate surface area is 170 Å². The molecule has 0 radical (unpaired) electrons. The van der Waals surface area contributed by atoms with Crippen LogP contribution >= 0.6 is 0 Å². The summed E-state index contributed by atoms with van der Waals surface area (Å²) in [6.07, 6.45) is 7.32. The van der Waals surface area contributed by atoms with E-state index in [0.29, 0.717) is 17.0 Å². The largest absolute Gasteiger partial charge is 0.618 e. The maximum atomic E-state index is 13.0. The Morgan fingerprint density at radius 1 is 0.793 bits per heavy atom. The molecule has 0 aliphatic heterocycles. The third-order valence-electron chi connectivity index (χ3n) is 4.25. The van der Waals surface area contributed by atoms with Gasteiger partial charge in [0.15, 0.2) is 0 Å². The molecule has 29 heavy (non-hydrogen) atoms. The second-order valence-corrected chi connectivity index (χ2v) is 6.25. The molecule has 3 rings (SSSR count). The number of rotatable bonds is 6. The highest BCUT2D eigenvalue weighted by Crippen LogP contribution is 2.15. The third kappa shape index (κ3) is 5.53. The standard InChI is InChI=1S/C25H21NO3/c1-29-25(27)22-14-18-24(19-15-22)26(28)23(16-12-20-8-4-2-5-9-20)17-13-21-10-6-3-7-11-21/h2-19H,1H3/b16-12+,17-13+. The molecule has 0 N–H and O–H groups in total. The van der Waals surface area contributed by atoms with Crippen LogP contribution in [0.5, 0.6) is 0 Å². The van der Waals surface area contributed by atoms with Crippen molar-refractivity contribution in [2.24, 2.45) is 0 Å². The molecule has 3 aromatic carbocycles. The lowest BCUT2D eigenvalue weighted by molar-refractivity contribution is -0.358. The third-order valence-corrected chi connectivity index (χ3v) is 4.25. The van der Waals surface area contributed by atoms with Crippen molar-refractivity contribution < 1.29 is 14.3 Å². The topological polar surface area (TPSA) is 52.4 Å². The number of benzene rings is 3. The Balaban J connectivity index is 1.96. The minimum atomic E-state index is -0.439. The molecule has 0 saturated carbocycles. The molecule has 0 aromatic heterocycles. The van der Waals surface area contributed by atoms with Crippen molar-refractivity contribution in [1.82, 2.24) is 0 Å². The van der Waals surface area contributed by atoms with E-state index in [-0.39, 0.29) is 0 Å². The van der Waals surface area contributed by atoms with E-state index >= 15 is 0 Å². The monoisotopic (exact) mass is 383 g/mol. The van der Waals surface area contributed by atoms with Crippen molar-refractivity contribution in [3.63, 3.8) is 0 Å². The number of carbonyl (C=O) groups is 1. The summed E-state index contributed by atoms with van der Waals surface area (Å²) in [5.74, 6) is -0.439. The van der Waals surface area contributed by atoms with Gasteiger partial charge in [0.1, 0.15) is 0 Å². The normalized spacial score (nSPS) is 10.9. The maximum absolute atomic E-state index is 13.0. The average Bonchev–Trinajstić information content (AvgIpc) is 2.79. The van der Waals surface area contributed by atoms with Crippen LogP contribution in [0.15, 0.2) is 97.1 Å². The summed E-state index contributed by atoms with van der Waals surface area (Å²) < 4.78 is 5.53. The smallest absolute Gasteiger partial charge is 0.337 e. The fourth-order valence-corrected chi connectivity index (χ4v) is 2.68. The van der Waals surface area contributed by atoms with Crippen LogP contribution in [0.25, 0.3) is 12.2 Å². The summed E-state index contributed by atoms with van der Waals surface area (Å²) in [5, 5.41) is 13.0. The van der Waals surface area contributed by atoms with Crippen molar-refractivity contribution in [1.29, 1.82) is 0 Å². The number of hydrogen-bond acceptors (Lipinski definition) is 3. The number of nitrogens with zero attached hydrogens (tertiary/aromatic N) is 1. The van der Waals surface area contributed by atoms with Gasteiger partial charge in [-0.3, -0.25) is 0 Å². The minimum Gasteiger partial charge on any atom is -0.618 e. The summed E-state index contributed by atoms with van der Waals surface area (Å²) in [7, 11) is 1.32. The second-order valence-electron chi connectivity index (χ2n) is 6.25. The van der Waals surface area contributed by atoms with Crippen LogP contribution in [0.1, 0.15) is 21.5 Å². The van der Waals surface area contributed by atoms with Gasteiger partial charge in [-0.15, -0.1) is 0 Å². The quantitative estimate of drug-likeness (QED) is 0.186. The highest BCUT2D eigenvalue weighted by molar-refractivity contribution is 6.06. The first-order valence-electron chi connectivity index (χ1n) is 9.16. The molecule has 0 saturated heterocycles. The van der Waals surface area contributed by atoms with Gasteiger partial charge in [0.2, 0.25) is 11.4 Å². The fraction of sp³-hybridized carbons (Fsp3) is 0.0400. The Morgan fingerprint density at radius 2 is 1.28 bits per heavy atom. The molecule has 0 aliphatic carbocycles. The number of hydrogen-bond donors (Lipinski definition) is 0. The molecular formula is C25H21NO3. The lowest BCUT2D eigenvalue weighted by atomic mass is 10.1. The summed E-state index contributed by atoms with van der Waals surface area (Å²) in [4.78, 5) is 11.6. The average molecular weight is 383 g/mol. The van der Waals surface area contributed by atoms with Crippen molar-refractivity contribution in [3.05, 3.63) is 119 Å². The molecule has 0 spiro atoms. The zero-order chi connectivity index (χ0) is 20.5. The van der Waals surface area contributed by atoms with Gasteiger partial charge < -0.3 is 9.94 Å². The van der Waals surface area contributed by atoms with Crippen LogP contribution in [0.4, 0.5) is 5.69 Å². The van der Waals surface area contributed by atoms with Gasteiger partial charge in [-0.2, -0.15) is 4.74 Å². The highest BCUT2D eigenvalue weighted by atomic mass is 16.5. The van der Waals surface area contributed by atoms with Crippen LogP contribution in [-0.2, 0) is 4.74 Å². The fourth-order valence-electron chi connectivity index (χ4n) is 2.68. The lowest BCUT2D eigenvalue weighted by Crippen LogP contribution is -2.07. The second kappa shape index (κ2) is 9.85. The van der Waals surface area contributed by atoms with Crippen molar-refractivity contribution in [2.75, 3.05) is 7.11 Å². The van der Waals surface area contributed by atoms with Crippen LogP contribution in [0.3, 0.4) is 0 Å². The molecule has 4 heteroatoms. The molecule has 0 aliphatic rings. The molecule has 0 atom stereocenters. The molecular weight excluding hydrogens is 362 g/mol. The Kier molecular flexibility index (Phi) is 6.74. The van der Waals surface area contributed by atoms with Gasteiger partial charge in [0.05, 0.1) is 12.7 Å². The van der Waals surface area contributed by atoms with E-state index in [1.165, 1.54) is 7.11 Å². The zero-order valence-corrected chi connectivity index (χ0v) is 16.1. The van der Waals surface area contributed by atoms with E-state index in [4.69, 9.17) is 4.74 Å². The van der Waals surface area contributed by atoms with Crippen molar-refractivity contribution in [3.8, 4) is 0 Å². The minimum absolute atomic E-state index is 0.394. The lowest BCUT2D eigenvalue weighted by Gasteiger charge is -2.07. The zero-order valence-electron chi connectivity index (χ0n) is 16.1. The van der Waals surface area contributed by atoms with E-state index in [1.54, 1.807) is 36.4 Å². The molecule has 0 amide bonds. The summed E-state index contributed by atoms with van der Waals surface area (Å²) in [6, 6.07) is 25.9. The van der Waals surface area contributed by atoms with Crippen LogP contribution in [0.2, 0.25) is 0 Å². The van der Waals surface area contributed by atoms with E-state index in [9.17, 15) is 10.0 Å². The molecule has 3 aromatic rings. The van der Waals surface area contributed by atoms with Gasteiger partial charge in [0.25, 0.3) is 0 Å². The van der Waals surface area contributed by atoms with Crippen molar-refractivity contribution in [2.45, 2.75) is 0 Å². The predicted molar refractivity (Wildman–Crippen MR) is 117 cm³/mol.